The number of fused-ring (bicyclic) bond motifs is 1. The van der Waals surface area contributed by atoms with Gasteiger partial charge in [-0.15, -0.1) is 0 Å². The van der Waals surface area contributed by atoms with Crippen molar-refractivity contribution in [2.75, 3.05) is 25.0 Å². The van der Waals surface area contributed by atoms with Gasteiger partial charge in [-0.25, -0.2) is 9.59 Å². The highest BCUT2D eigenvalue weighted by molar-refractivity contribution is 5.91. The molecular weight excluding hydrogens is 530 g/mol. The zero-order valence-electron chi connectivity index (χ0n) is 24.2. The Bertz CT molecular complexity index is 1520. The Morgan fingerprint density at radius 3 is 2.64 bits per heavy atom. The van der Waals surface area contributed by atoms with Gasteiger partial charge in [0.15, 0.2) is 6.10 Å². The molecule has 2 aliphatic rings. The molecule has 0 radical (unpaired) electrons. The van der Waals surface area contributed by atoms with Crippen LogP contribution in [0.3, 0.4) is 0 Å². The number of carbonyl (C=O) groups is 3. The fourth-order valence-electron chi connectivity index (χ4n) is 4.92. The molecule has 9 nitrogen and oxygen atoms in total. The van der Waals surface area contributed by atoms with Gasteiger partial charge < -0.3 is 19.9 Å². The lowest BCUT2D eigenvalue weighted by Gasteiger charge is -2.37. The summed E-state index contributed by atoms with van der Waals surface area (Å²) < 4.78 is 5.71. The molecule has 0 aliphatic carbocycles. The summed E-state index contributed by atoms with van der Waals surface area (Å²) in [5.41, 5.74) is 10.1. The van der Waals surface area contributed by atoms with Crippen LogP contribution < -0.4 is 5.32 Å². The number of amides is 4. The van der Waals surface area contributed by atoms with Gasteiger partial charge in [0.25, 0.3) is 5.91 Å². The Hall–Kier alpha value is -4.89. The second kappa shape index (κ2) is 14.7. The van der Waals surface area contributed by atoms with E-state index in [0.717, 1.165) is 34.4 Å². The van der Waals surface area contributed by atoms with E-state index in [-0.39, 0.29) is 18.5 Å². The Morgan fingerprint density at radius 2 is 1.88 bits per heavy atom. The van der Waals surface area contributed by atoms with Crippen molar-refractivity contribution in [1.82, 2.24) is 9.80 Å². The van der Waals surface area contributed by atoms with Crippen LogP contribution in [0.15, 0.2) is 81.8 Å². The average Bonchev–Trinajstić information content (AvgIpc) is 3.14. The minimum absolute atomic E-state index is 0.00356. The number of para-hydroxylation sites is 1. The molecule has 0 aromatic heterocycles. The van der Waals surface area contributed by atoms with Crippen molar-refractivity contribution in [3.8, 4) is 0 Å². The summed E-state index contributed by atoms with van der Waals surface area (Å²) in [5, 5.41) is 3.01. The number of urea groups is 1. The van der Waals surface area contributed by atoms with E-state index in [0.29, 0.717) is 32.5 Å². The molecule has 2 heterocycles. The molecule has 9 heteroatoms. The van der Waals surface area contributed by atoms with Gasteiger partial charge in [-0.2, -0.15) is 9.98 Å². The van der Waals surface area contributed by atoms with E-state index in [4.69, 9.17) is 4.74 Å². The SMILES string of the molecule is CC(C)=C=C=NC=C=C=NC(=O)[C@@H](Cc1cccc(C)c1)OC(=O)N1CCC(N2CCc3ccccc3NC2=O)CC1. The first-order chi connectivity index (χ1) is 20.3. The van der Waals surface area contributed by atoms with E-state index >= 15 is 0 Å². The number of nitrogens with one attached hydrogen (secondary N) is 1. The Labute approximate surface area is 246 Å². The van der Waals surface area contributed by atoms with Crippen LogP contribution in [0.2, 0.25) is 0 Å². The number of benzene rings is 2. The van der Waals surface area contributed by atoms with E-state index in [1.165, 1.54) is 6.20 Å². The number of ether oxygens (including phenoxy) is 1. The maximum Gasteiger partial charge on any atom is 0.410 e. The molecule has 2 aromatic rings. The summed E-state index contributed by atoms with van der Waals surface area (Å²) in [6.45, 7) is 7.13. The third kappa shape index (κ3) is 8.55. The van der Waals surface area contributed by atoms with Crippen molar-refractivity contribution in [3.63, 3.8) is 0 Å². The van der Waals surface area contributed by atoms with Crippen molar-refractivity contribution in [3.05, 3.63) is 88.5 Å². The highest BCUT2D eigenvalue weighted by Crippen LogP contribution is 2.25. The molecule has 2 aliphatic heterocycles. The van der Waals surface area contributed by atoms with Crippen molar-refractivity contribution in [1.29, 1.82) is 0 Å². The lowest BCUT2D eigenvalue weighted by molar-refractivity contribution is -0.126. The molecule has 0 unspecified atom stereocenters. The molecule has 1 saturated heterocycles. The van der Waals surface area contributed by atoms with Gasteiger partial charge in [0, 0.05) is 49.5 Å². The molecular formula is C33H35N5O4. The number of rotatable bonds is 6. The largest absolute Gasteiger partial charge is 0.435 e. The maximum atomic E-state index is 13.2. The predicted octanol–water partition coefficient (Wildman–Crippen LogP) is 5.25. The molecule has 2 aromatic carbocycles. The Kier molecular flexibility index (Phi) is 10.5. The summed E-state index contributed by atoms with van der Waals surface area (Å²) in [6.07, 6.45) is 1.72. The molecule has 0 bridgehead atoms. The highest BCUT2D eigenvalue weighted by atomic mass is 16.6. The molecule has 1 N–H and O–H groups in total. The quantitative estimate of drug-likeness (QED) is 0.382. The fraction of sp³-hybridized carbons (Fsp3) is 0.364. The Balaban J connectivity index is 1.40. The van der Waals surface area contributed by atoms with Crippen LogP contribution in [-0.4, -0.2) is 71.4 Å². The standard InChI is InChI=1S/C33H35N5O4/c1-24(2)12-18-34-16-7-17-35-31(39)30(23-26-9-6-8-25(3)22-26)42-33(41)37-19-14-28(15-20-37)38-21-13-27-10-4-5-11-29(27)36-32(38)40/h4-6,8-11,16,22,28,30H,13-15,19-21,23H2,1-3H3,(H,36,40)/t30-/m1/s1. The third-order valence-electron chi connectivity index (χ3n) is 7.06. The number of aliphatic imine (C=N–C) groups is 2. The number of likely N-dealkylation sites (tertiary alicyclic amines) is 1. The van der Waals surface area contributed by atoms with Crippen molar-refractivity contribution in [2.24, 2.45) is 9.98 Å². The van der Waals surface area contributed by atoms with Crippen molar-refractivity contribution in [2.45, 2.75) is 58.6 Å². The number of carbonyl (C=O) groups excluding carboxylic acids is 3. The van der Waals surface area contributed by atoms with Crippen LogP contribution in [0.4, 0.5) is 15.3 Å². The molecule has 216 valence electrons. The summed E-state index contributed by atoms with van der Waals surface area (Å²) in [4.78, 5) is 50.1. The molecule has 4 amide bonds. The van der Waals surface area contributed by atoms with Gasteiger partial charge in [-0.1, -0.05) is 53.8 Å². The zero-order chi connectivity index (χ0) is 29.9. The summed E-state index contributed by atoms with van der Waals surface area (Å²) in [6, 6.07) is 15.4. The number of aryl methyl sites for hydroxylation is 1. The van der Waals surface area contributed by atoms with Crippen LogP contribution in [0.25, 0.3) is 0 Å². The summed E-state index contributed by atoms with van der Waals surface area (Å²) in [5.74, 6) is 4.35. The predicted molar refractivity (Wildman–Crippen MR) is 162 cm³/mol. The minimum Gasteiger partial charge on any atom is -0.435 e. The lowest BCUT2D eigenvalue weighted by Crippen LogP contribution is -2.50. The van der Waals surface area contributed by atoms with Gasteiger partial charge in [-0.05, 0) is 68.5 Å². The van der Waals surface area contributed by atoms with E-state index in [9.17, 15) is 14.4 Å². The summed E-state index contributed by atoms with van der Waals surface area (Å²) >= 11 is 0. The smallest absolute Gasteiger partial charge is 0.410 e. The molecule has 0 spiro atoms. The number of hydrogen-bond donors (Lipinski definition) is 1. The van der Waals surface area contributed by atoms with Crippen molar-refractivity contribution < 1.29 is 19.1 Å². The lowest BCUT2D eigenvalue weighted by atomic mass is 10.0. The number of allylic oxidation sites excluding steroid dienone is 1. The van der Waals surface area contributed by atoms with Gasteiger partial charge in [0.05, 0.1) is 6.20 Å². The fourth-order valence-corrected chi connectivity index (χ4v) is 4.92. The monoisotopic (exact) mass is 565 g/mol. The van der Waals surface area contributed by atoms with Crippen LogP contribution in [-0.2, 0) is 22.4 Å². The van der Waals surface area contributed by atoms with E-state index in [2.05, 4.69) is 38.5 Å². The van der Waals surface area contributed by atoms with Crippen LogP contribution in [0.5, 0.6) is 0 Å². The first kappa shape index (κ1) is 30.1. The summed E-state index contributed by atoms with van der Waals surface area (Å²) in [7, 11) is 0. The number of piperidine rings is 1. The van der Waals surface area contributed by atoms with Crippen molar-refractivity contribution >= 4 is 35.5 Å². The maximum absolute atomic E-state index is 13.2. The number of hydrogen-bond acceptors (Lipinski definition) is 5. The Morgan fingerprint density at radius 1 is 1.10 bits per heavy atom. The van der Waals surface area contributed by atoms with Crippen LogP contribution >= 0.6 is 0 Å². The molecule has 1 fully saturated rings. The molecule has 42 heavy (non-hydrogen) atoms. The van der Waals surface area contributed by atoms with E-state index in [1.54, 1.807) is 4.90 Å². The van der Waals surface area contributed by atoms with E-state index in [1.807, 2.05) is 74.2 Å². The van der Waals surface area contributed by atoms with Crippen LogP contribution in [0, 0.1) is 6.92 Å². The third-order valence-corrected chi connectivity index (χ3v) is 7.06. The average molecular weight is 566 g/mol. The molecule has 4 rings (SSSR count). The second-order valence-electron chi connectivity index (χ2n) is 10.5. The molecule has 1 atom stereocenters. The zero-order valence-corrected chi connectivity index (χ0v) is 24.2. The normalized spacial score (nSPS) is 15.3. The molecule has 0 saturated carbocycles. The topological polar surface area (TPSA) is 104 Å². The first-order valence-electron chi connectivity index (χ1n) is 14.0. The highest BCUT2D eigenvalue weighted by Gasteiger charge is 2.33. The number of nitrogens with zero attached hydrogens (tertiary/aromatic N) is 4. The van der Waals surface area contributed by atoms with Gasteiger partial charge in [0.1, 0.15) is 0 Å². The van der Waals surface area contributed by atoms with Gasteiger partial charge in [-0.3, -0.25) is 4.79 Å². The van der Waals surface area contributed by atoms with Gasteiger partial charge >= 0.3 is 12.1 Å². The van der Waals surface area contributed by atoms with Gasteiger partial charge in [0.2, 0.25) is 0 Å². The number of anilines is 1. The van der Waals surface area contributed by atoms with E-state index < -0.39 is 18.1 Å². The van der Waals surface area contributed by atoms with Crippen LogP contribution in [0.1, 0.15) is 43.4 Å². The first-order valence-corrected chi connectivity index (χ1v) is 14.0. The second-order valence-corrected chi connectivity index (χ2v) is 10.5. The minimum atomic E-state index is -1.13.